The Kier molecular flexibility index (Phi) is 74.3. The summed E-state index contributed by atoms with van der Waals surface area (Å²) in [6, 6.07) is -0.540. The highest BCUT2D eigenvalue weighted by atomic mass is 16.5. The highest BCUT2D eigenvalue weighted by molar-refractivity contribution is 5.76. The zero-order valence-electron chi connectivity index (χ0n) is 58.6. The molecular formula is C80H155NO5. The minimum atomic E-state index is -0.664. The van der Waals surface area contributed by atoms with Crippen molar-refractivity contribution < 1.29 is 24.5 Å². The van der Waals surface area contributed by atoms with Crippen molar-refractivity contribution in [1.29, 1.82) is 0 Å². The second kappa shape index (κ2) is 75.8. The fraction of sp³-hybridized carbons (Fsp3) is 0.925. The van der Waals surface area contributed by atoms with Crippen LogP contribution < -0.4 is 5.32 Å². The molecule has 3 N–H and O–H groups in total. The van der Waals surface area contributed by atoms with Gasteiger partial charge in [0.25, 0.3) is 0 Å². The summed E-state index contributed by atoms with van der Waals surface area (Å²) in [7, 11) is 0. The summed E-state index contributed by atoms with van der Waals surface area (Å²) in [6.07, 6.45) is 96.9. The number of aliphatic hydroxyl groups excluding tert-OH is 2. The standard InChI is InChI=1S/C80H155NO5/c1-3-5-7-9-11-13-15-17-19-21-22-23-24-31-34-37-41-44-48-52-56-60-64-68-72-78(83)77(76-82)81-79(84)73-69-65-61-57-53-49-45-42-38-35-32-29-27-25-26-28-30-33-36-39-43-47-51-55-59-63-67-71-75-86-80(85)74-70-66-62-58-54-50-46-40-20-18-16-14-12-10-8-6-4-2/h12,14,18,20,77-78,82-83H,3-11,13,15-17,19,21-76H2,1-2H3,(H,81,84)/b14-12-,20-18-. The van der Waals surface area contributed by atoms with Gasteiger partial charge in [-0.1, -0.05) is 404 Å². The van der Waals surface area contributed by atoms with Gasteiger partial charge in [-0.05, 0) is 57.8 Å². The van der Waals surface area contributed by atoms with E-state index in [1.807, 2.05) is 0 Å². The molecule has 0 aromatic rings. The van der Waals surface area contributed by atoms with E-state index in [1.165, 1.54) is 366 Å². The Bertz CT molecular complexity index is 1350. The van der Waals surface area contributed by atoms with Crippen molar-refractivity contribution in [3.8, 4) is 0 Å². The molecule has 0 fully saturated rings. The molecule has 1 amide bonds. The second-order valence-corrected chi connectivity index (χ2v) is 27.4. The third kappa shape index (κ3) is 71.4. The summed E-state index contributed by atoms with van der Waals surface area (Å²) in [4.78, 5) is 24.7. The summed E-state index contributed by atoms with van der Waals surface area (Å²) in [5.41, 5.74) is 0. The number of rotatable bonds is 75. The Morgan fingerprint density at radius 1 is 0.326 bits per heavy atom. The summed E-state index contributed by atoms with van der Waals surface area (Å²) in [5, 5.41) is 23.5. The van der Waals surface area contributed by atoms with E-state index in [1.54, 1.807) is 0 Å². The smallest absolute Gasteiger partial charge is 0.305 e. The molecule has 0 heterocycles. The minimum absolute atomic E-state index is 0.0122. The average Bonchev–Trinajstić information content (AvgIpc) is 3.53. The van der Waals surface area contributed by atoms with Crippen molar-refractivity contribution in [2.75, 3.05) is 13.2 Å². The molecule has 86 heavy (non-hydrogen) atoms. The van der Waals surface area contributed by atoms with Gasteiger partial charge in [0.05, 0.1) is 25.4 Å². The molecule has 0 aliphatic rings. The van der Waals surface area contributed by atoms with E-state index in [0.29, 0.717) is 25.9 Å². The van der Waals surface area contributed by atoms with Gasteiger partial charge in [0.2, 0.25) is 5.91 Å². The lowest BCUT2D eigenvalue weighted by Gasteiger charge is -2.22. The van der Waals surface area contributed by atoms with Crippen LogP contribution in [0, 0.1) is 0 Å². The quantitative estimate of drug-likeness (QED) is 0.0320. The number of unbranched alkanes of at least 4 members (excludes halogenated alkanes) is 60. The van der Waals surface area contributed by atoms with Crippen LogP contribution in [0.3, 0.4) is 0 Å². The number of allylic oxidation sites excluding steroid dienone is 4. The number of aliphatic hydroxyl groups is 2. The van der Waals surface area contributed by atoms with Gasteiger partial charge in [0, 0.05) is 12.8 Å². The van der Waals surface area contributed by atoms with Crippen LogP contribution in [0.25, 0.3) is 0 Å². The lowest BCUT2D eigenvalue weighted by atomic mass is 10.0. The van der Waals surface area contributed by atoms with Crippen molar-refractivity contribution in [1.82, 2.24) is 5.32 Å². The summed E-state index contributed by atoms with van der Waals surface area (Å²) < 4.78 is 5.51. The Labute approximate surface area is 539 Å². The van der Waals surface area contributed by atoms with Gasteiger partial charge in [-0.25, -0.2) is 0 Å². The van der Waals surface area contributed by atoms with E-state index >= 15 is 0 Å². The normalized spacial score (nSPS) is 12.6. The molecule has 0 rings (SSSR count). The van der Waals surface area contributed by atoms with Crippen LogP contribution in [0.4, 0.5) is 0 Å². The van der Waals surface area contributed by atoms with Crippen molar-refractivity contribution in [2.24, 2.45) is 0 Å². The molecule has 0 saturated carbocycles. The highest BCUT2D eigenvalue weighted by Crippen LogP contribution is 2.20. The van der Waals surface area contributed by atoms with Crippen LogP contribution in [-0.2, 0) is 14.3 Å². The molecule has 0 aromatic carbocycles. The van der Waals surface area contributed by atoms with Gasteiger partial charge >= 0.3 is 5.97 Å². The topological polar surface area (TPSA) is 95.9 Å². The third-order valence-corrected chi connectivity index (χ3v) is 18.8. The third-order valence-electron chi connectivity index (χ3n) is 18.8. The molecule has 6 nitrogen and oxygen atoms in total. The van der Waals surface area contributed by atoms with Gasteiger partial charge in [-0.15, -0.1) is 0 Å². The fourth-order valence-electron chi connectivity index (χ4n) is 12.7. The second-order valence-electron chi connectivity index (χ2n) is 27.4. The number of carbonyl (C=O) groups excluding carboxylic acids is 2. The van der Waals surface area contributed by atoms with E-state index in [4.69, 9.17) is 4.74 Å². The van der Waals surface area contributed by atoms with Gasteiger partial charge in [0.15, 0.2) is 0 Å². The summed E-state index contributed by atoms with van der Waals surface area (Å²) in [5.74, 6) is -0.0139. The van der Waals surface area contributed by atoms with E-state index < -0.39 is 12.1 Å². The molecule has 6 heteroatoms. The largest absolute Gasteiger partial charge is 0.466 e. The first kappa shape index (κ1) is 84.3. The predicted octanol–water partition coefficient (Wildman–Crippen LogP) is 26.0. The summed E-state index contributed by atoms with van der Waals surface area (Å²) >= 11 is 0. The molecule has 0 aliphatic carbocycles. The van der Waals surface area contributed by atoms with Crippen LogP contribution in [-0.4, -0.2) is 47.4 Å². The number of hydrogen-bond donors (Lipinski definition) is 3. The van der Waals surface area contributed by atoms with Crippen molar-refractivity contribution in [3.05, 3.63) is 24.3 Å². The molecule has 0 radical (unpaired) electrons. The Balaban J connectivity index is 3.34. The number of hydrogen-bond acceptors (Lipinski definition) is 5. The number of carbonyl (C=O) groups is 2. The lowest BCUT2D eigenvalue weighted by molar-refractivity contribution is -0.143. The van der Waals surface area contributed by atoms with E-state index in [-0.39, 0.29) is 18.5 Å². The van der Waals surface area contributed by atoms with Gasteiger partial charge in [0.1, 0.15) is 0 Å². The van der Waals surface area contributed by atoms with Gasteiger partial charge < -0.3 is 20.3 Å². The van der Waals surface area contributed by atoms with Crippen molar-refractivity contribution in [3.63, 3.8) is 0 Å². The molecule has 2 unspecified atom stereocenters. The number of nitrogens with one attached hydrogen (secondary N) is 1. The van der Waals surface area contributed by atoms with E-state index in [9.17, 15) is 19.8 Å². The Morgan fingerprint density at radius 2 is 0.581 bits per heavy atom. The van der Waals surface area contributed by atoms with Crippen LogP contribution >= 0.6 is 0 Å². The van der Waals surface area contributed by atoms with Crippen molar-refractivity contribution in [2.45, 2.75) is 463 Å². The molecule has 510 valence electrons. The van der Waals surface area contributed by atoms with Crippen molar-refractivity contribution >= 4 is 11.9 Å². The first-order valence-electron chi connectivity index (χ1n) is 39.6. The maximum absolute atomic E-state index is 12.6. The molecule has 2 atom stereocenters. The Hall–Kier alpha value is -1.66. The molecule has 0 spiro atoms. The molecule has 0 bridgehead atoms. The minimum Gasteiger partial charge on any atom is -0.466 e. The van der Waals surface area contributed by atoms with Crippen LogP contribution in [0.5, 0.6) is 0 Å². The van der Waals surface area contributed by atoms with Gasteiger partial charge in [-0.3, -0.25) is 9.59 Å². The highest BCUT2D eigenvalue weighted by Gasteiger charge is 2.20. The molecular weight excluding hydrogens is 1050 g/mol. The average molecular weight is 1210 g/mol. The number of amides is 1. The SMILES string of the molecule is CCCCC/C=C\C/C=C\CCCCCCCCCC(=O)OCCCCCCCCCCCCCCCCCCCCCCCCCCCCCCC(=O)NC(CO)C(O)CCCCCCCCCCCCCCCCCCCCCCCCCC. The molecule has 0 saturated heterocycles. The van der Waals surface area contributed by atoms with E-state index in [2.05, 4.69) is 43.5 Å². The first-order valence-corrected chi connectivity index (χ1v) is 39.6. The van der Waals surface area contributed by atoms with Crippen LogP contribution in [0.1, 0.15) is 450 Å². The number of esters is 1. The molecule has 0 aliphatic heterocycles. The first-order chi connectivity index (χ1) is 42.5. The summed E-state index contributed by atoms with van der Waals surface area (Å²) in [6.45, 7) is 4.98. The zero-order valence-corrected chi connectivity index (χ0v) is 58.6. The molecule has 0 aromatic heterocycles. The maximum Gasteiger partial charge on any atom is 0.305 e. The van der Waals surface area contributed by atoms with Gasteiger partial charge in [-0.2, -0.15) is 0 Å². The fourth-order valence-corrected chi connectivity index (χ4v) is 12.7. The Morgan fingerprint density at radius 3 is 0.907 bits per heavy atom. The van der Waals surface area contributed by atoms with E-state index in [0.717, 1.165) is 51.4 Å². The lowest BCUT2D eigenvalue weighted by Crippen LogP contribution is -2.45. The van der Waals surface area contributed by atoms with Crippen LogP contribution in [0.2, 0.25) is 0 Å². The number of ether oxygens (including phenoxy) is 1. The van der Waals surface area contributed by atoms with Crippen LogP contribution in [0.15, 0.2) is 24.3 Å². The predicted molar refractivity (Wildman–Crippen MR) is 380 cm³/mol. The zero-order chi connectivity index (χ0) is 62.0. The monoisotopic (exact) mass is 1210 g/mol. The maximum atomic E-state index is 12.6.